The molecule has 1 aliphatic rings. The minimum atomic E-state index is -0.0907. The number of hydrogen-bond donors (Lipinski definition) is 2. The number of anilines is 1. The van der Waals surface area contributed by atoms with Gasteiger partial charge in [-0.05, 0) is 36.1 Å². The summed E-state index contributed by atoms with van der Waals surface area (Å²) in [4.78, 5) is 14.5. The molecule has 2 aromatic carbocycles. The maximum Gasteiger partial charge on any atom is 0.253 e. The van der Waals surface area contributed by atoms with Crippen molar-refractivity contribution in [1.29, 1.82) is 0 Å². The summed E-state index contributed by atoms with van der Waals surface area (Å²) in [5, 5.41) is 2.95. The molecule has 0 bridgehead atoms. The molecule has 3 rings (SSSR count). The van der Waals surface area contributed by atoms with Crippen LogP contribution in [0.2, 0.25) is 0 Å². The van der Waals surface area contributed by atoms with Crippen LogP contribution < -0.4 is 11.1 Å². The van der Waals surface area contributed by atoms with E-state index in [-0.39, 0.29) is 30.7 Å². The molecule has 2 aromatic rings. The van der Waals surface area contributed by atoms with E-state index in [1.807, 2.05) is 12.1 Å². The molecule has 0 aliphatic carbocycles. The SMILES string of the molecule is Cl.Cl.Nc1ccccc1C(=O)NCCCN1CCc2ccccc2C1. The Morgan fingerprint density at radius 3 is 2.48 bits per heavy atom. The van der Waals surface area contributed by atoms with Crippen molar-refractivity contribution in [3.8, 4) is 0 Å². The van der Waals surface area contributed by atoms with Crippen LogP contribution in [0.15, 0.2) is 48.5 Å². The van der Waals surface area contributed by atoms with E-state index in [0.29, 0.717) is 17.8 Å². The molecular weight excluding hydrogens is 357 g/mol. The smallest absolute Gasteiger partial charge is 0.253 e. The van der Waals surface area contributed by atoms with Crippen LogP contribution in [-0.4, -0.2) is 30.4 Å². The van der Waals surface area contributed by atoms with Gasteiger partial charge >= 0.3 is 0 Å². The molecule has 0 atom stereocenters. The second-order valence-electron chi connectivity index (χ2n) is 5.99. The second-order valence-corrected chi connectivity index (χ2v) is 5.99. The first-order chi connectivity index (χ1) is 11.2. The van der Waals surface area contributed by atoms with Crippen molar-refractivity contribution in [3.05, 3.63) is 65.2 Å². The number of nitrogens with zero attached hydrogens (tertiary/aromatic N) is 1. The number of carbonyl (C=O) groups excluding carboxylic acids is 1. The first-order valence-corrected chi connectivity index (χ1v) is 8.16. The largest absolute Gasteiger partial charge is 0.398 e. The van der Waals surface area contributed by atoms with Gasteiger partial charge in [0, 0.05) is 31.9 Å². The fraction of sp³-hybridized carbons (Fsp3) is 0.316. The lowest BCUT2D eigenvalue weighted by Gasteiger charge is -2.28. The van der Waals surface area contributed by atoms with Gasteiger partial charge in [0.25, 0.3) is 5.91 Å². The van der Waals surface area contributed by atoms with Crippen molar-refractivity contribution in [2.24, 2.45) is 0 Å². The molecule has 25 heavy (non-hydrogen) atoms. The number of nitrogens with one attached hydrogen (secondary N) is 1. The van der Waals surface area contributed by atoms with Crippen LogP contribution in [0.4, 0.5) is 5.69 Å². The number of rotatable bonds is 5. The number of benzene rings is 2. The molecule has 6 heteroatoms. The quantitative estimate of drug-likeness (QED) is 0.616. The highest BCUT2D eigenvalue weighted by atomic mass is 35.5. The summed E-state index contributed by atoms with van der Waals surface area (Å²) in [5.41, 5.74) is 9.80. The van der Waals surface area contributed by atoms with Crippen molar-refractivity contribution in [1.82, 2.24) is 10.2 Å². The first kappa shape index (κ1) is 21.3. The van der Waals surface area contributed by atoms with E-state index < -0.39 is 0 Å². The van der Waals surface area contributed by atoms with Crippen LogP contribution in [0.1, 0.15) is 27.9 Å². The van der Waals surface area contributed by atoms with Crippen molar-refractivity contribution in [3.63, 3.8) is 0 Å². The molecule has 0 spiro atoms. The zero-order valence-corrected chi connectivity index (χ0v) is 15.7. The lowest BCUT2D eigenvalue weighted by molar-refractivity contribution is 0.0952. The Hall–Kier alpha value is -1.75. The van der Waals surface area contributed by atoms with Gasteiger partial charge in [-0.25, -0.2) is 0 Å². The summed E-state index contributed by atoms with van der Waals surface area (Å²) in [5.74, 6) is -0.0907. The summed E-state index contributed by atoms with van der Waals surface area (Å²) in [6.07, 6.45) is 2.06. The molecule has 1 aliphatic heterocycles. The zero-order valence-electron chi connectivity index (χ0n) is 14.1. The average Bonchev–Trinajstić information content (AvgIpc) is 2.59. The number of nitrogen functional groups attached to an aromatic ring is 1. The van der Waals surface area contributed by atoms with E-state index in [4.69, 9.17) is 5.73 Å². The third-order valence-electron chi connectivity index (χ3n) is 4.35. The second kappa shape index (κ2) is 10.3. The fourth-order valence-electron chi connectivity index (χ4n) is 3.05. The third-order valence-corrected chi connectivity index (χ3v) is 4.35. The predicted molar refractivity (Wildman–Crippen MR) is 108 cm³/mol. The standard InChI is InChI=1S/C19H23N3O.2ClH/c20-18-9-4-3-8-17(18)19(23)21-11-5-12-22-13-10-15-6-1-2-7-16(15)14-22;;/h1-4,6-9H,5,10-14,20H2,(H,21,23);2*1H. The van der Waals surface area contributed by atoms with E-state index in [1.54, 1.807) is 12.1 Å². The van der Waals surface area contributed by atoms with Crippen LogP contribution >= 0.6 is 24.8 Å². The van der Waals surface area contributed by atoms with Gasteiger partial charge in [-0.15, -0.1) is 24.8 Å². The summed E-state index contributed by atoms with van der Waals surface area (Å²) >= 11 is 0. The highest BCUT2D eigenvalue weighted by molar-refractivity contribution is 5.99. The number of carbonyl (C=O) groups is 1. The van der Waals surface area contributed by atoms with Gasteiger partial charge in [0.15, 0.2) is 0 Å². The molecule has 0 unspecified atom stereocenters. The third kappa shape index (κ3) is 5.63. The molecule has 136 valence electrons. The van der Waals surface area contributed by atoms with Crippen LogP contribution in [0.3, 0.4) is 0 Å². The zero-order chi connectivity index (χ0) is 16.1. The predicted octanol–water partition coefficient (Wildman–Crippen LogP) is 3.29. The van der Waals surface area contributed by atoms with E-state index in [9.17, 15) is 4.79 Å². The molecule has 1 amide bonds. The number of hydrogen-bond acceptors (Lipinski definition) is 3. The minimum absolute atomic E-state index is 0. The van der Waals surface area contributed by atoms with Crippen molar-refractivity contribution < 1.29 is 4.79 Å². The molecule has 1 heterocycles. The van der Waals surface area contributed by atoms with Crippen LogP contribution in [-0.2, 0) is 13.0 Å². The van der Waals surface area contributed by atoms with E-state index in [0.717, 1.165) is 32.5 Å². The lowest BCUT2D eigenvalue weighted by Crippen LogP contribution is -2.33. The average molecular weight is 382 g/mol. The highest BCUT2D eigenvalue weighted by Gasteiger charge is 2.15. The van der Waals surface area contributed by atoms with E-state index in [2.05, 4.69) is 34.5 Å². The number of para-hydroxylation sites is 1. The molecule has 3 N–H and O–H groups in total. The molecular formula is C19H25Cl2N3O. The maximum atomic E-state index is 12.1. The summed E-state index contributed by atoms with van der Waals surface area (Å²) in [6.45, 7) is 3.77. The van der Waals surface area contributed by atoms with Crippen molar-refractivity contribution >= 4 is 36.4 Å². The summed E-state index contributed by atoms with van der Waals surface area (Å²) < 4.78 is 0. The Bertz CT molecular complexity index is 694. The number of amides is 1. The molecule has 0 saturated heterocycles. The summed E-state index contributed by atoms with van der Waals surface area (Å²) in [7, 11) is 0. The van der Waals surface area contributed by atoms with Gasteiger partial charge in [-0.1, -0.05) is 36.4 Å². The van der Waals surface area contributed by atoms with Gasteiger partial charge in [-0.3, -0.25) is 9.69 Å². The van der Waals surface area contributed by atoms with Crippen molar-refractivity contribution in [2.45, 2.75) is 19.4 Å². The topological polar surface area (TPSA) is 58.4 Å². The van der Waals surface area contributed by atoms with Gasteiger partial charge in [-0.2, -0.15) is 0 Å². The fourth-order valence-corrected chi connectivity index (χ4v) is 3.05. The first-order valence-electron chi connectivity index (χ1n) is 8.16. The Morgan fingerprint density at radius 1 is 1.04 bits per heavy atom. The van der Waals surface area contributed by atoms with Crippen molar-refractivity contribution in [2.75, 3.05) is 25.4 Å². The van der Waals surface area contributed by atoms with Crippen LogP contribution in [0.25, 0.3) is 0 Å². The van der Waals surface area contributed by atoms with Gasteiger partial charge in [0.2, 0.25) is 0 Å². The Balaban J connectivity index is 0.00000156. The van der Waals surface area contributed by atoms with Crippen LogP contribution in [0.5, 0.6) is 0 Å². The van der Waals surface area contributed by atoms with Crippen LogP contribution in [0, 0.1) is 0 Å². The van der Waals surface area contributed by atoms with Gasteiger partial charge < -0.3 is 11.1 Å². The number of fused-ring (bicyclic) bond motifs is 1. The molecule has 4 nitrogen and oxygen atoms in total. The van der Waals surface area contributed by atoms with E-state index >= 15 is 0 Å². The molecule has 0 saturated carbocycles. The monoisotopic (exact) mass is 381 g/mol. The normalized spacial score (nSPS) is 13.1. The lowest BCUT2D eigenvalue weighted by atomic mass is 10.00. The Kier molecular flexibility index (Phi) is 8.76. The van der Waals surface area contributed by atoms with Gasteiger partial charge in [0.05, 0.1) is 5.56 Å². The van der Waals surface area contributed by atoms with Gasteiger partial charge in [0.1, 0.15) is 0 Å². The van der Waals surface area contributed by atoms with E-state index in [1.165, 1.54) is 11.1 Å². The Morgan fingerprint density at radius 2 is 1.72 bits per heavy atom. The Labute approximate surface area is 161 Å². The number of nitrogens with two attached hydrogens (primary N) is 1. The molecule has 0 aromatic heterocycles. The highest BCUT2D eigenvalue weighted by Crippen LogP contribution is 2.18. The molecule has 0 radical (unpaired) electrons. The molecule has 0 fully saturated rings. The number of halogens is 2. The minimum Gasteiger partial charge on any atom is -0.398 e. The summed E-state index contributed by atoms with van der Waals surface area (Å²) in [6, 6.07) is 15.8. The maximum absolute atomic E-state index is 12.1.